The van der Waals surface area contributed by atoms with Crippen LogP contribution in [0.15, 0.2) is 41.2 Å². The molecule has 1 unspecified atom stereocenters. The molecule has 1 aliphatic rings. The first-order chi connectivity index (χ1) is 12.0. The van der Waals surface area contributed by atoms with E-state index in [1.165, 1.54) is 16.8 Å². The highest BCUT2D eigenvalue weighted by Gasteiger charge is 2.23. The summed E-state index contributed by atoms with van der Waals surface area (Å²) in [4.78, 5) is 25.6. The van der Waals surface area contributed by atoms with Crippen LogP contribution >= 0.6 is 11.6 Å². The summed E-state index contributed by atoms with van der Waals surface area (Å²) in [6.07, 6.45) is 0.794. The van der Waals surface area contributed by atoms with Crippen molar-refractivity contribution in [2.24, 2.45) is 7.05 Å². The zero-order chi connectivity index (χ0) is 17.8. The normalized spacial score (nSPS) is 17.4. The minimum atomic E-state index is -0.221. The van der Waals surface area contributed by atoms with Gasteiger partial charge in [-0.3, -0.25) is 10.1 Å². The monoisotopic (exact) mass is 361 g/mol. The van der Waals surface area contributed by atoms with Gasteiger partial charge in [0.2, 0.25) is 0 Å². The molecule has 2 N–H and O–H groups in total. The van der Waals surface area contributed by atoms with E-state index in [2.05, 4.69) is 15.7 Å². The molecule has 7 nitrogen and oxygen atoms in total. The van der Waals surface area contributed by atoms with Gasteiger partial charge in [0.05, 0.1) is 0 Å². The Labute approximate surface area is 150 Å². The second kappa shape index (κ2) is 7.67. The van der Waals surface area contributed by atoms with Gasteiger partial charge in [-0.1, -0.05) is 23.7 Å². The maximum atomic E-state index is 12.5. The molecular weight excluding hydrogens is 342 g/mol. The Kier molecular flexibility index (Phi) is 5.35. The van der Waals surface area contributed by atoms with Crippen LogP contribution in [0.1, 0.15) is 5.56 Å². The largest absolute Gasteiger partial charge is 0.323 e. The van der Waals surface area contributed by atoms with Gasteiger partial charge in [-0.2, -0.15) is 5.10 Å². The lowest BCUT2D eigenvalue weighted by Gasteiger charge is -2.33. The van der Waals surface area contributed by atoms with Crippen molar-refractivity contribution in [2.45, 2.75) is 12.5 Å². The molecule has 2 amide bonds. The van der Waals surface area contributed by atoms with Gasteiger partial charge < -0.3 is 10.2 Å². The van der Waals surface area contributed by atoms with E-state index in [0.717, 1.165) is 18.5 Å². The lowest BCUT2D eigenvalue weighted by Crippen LogP contribution is -2.54. The fourth-order valence-electron chi connectivity index (χ4n) is 2.85. The van der Waals surface area contributed by atoms with E-state index in [4.69, 9.17) is 11.6 Å². The quantitative estimate of drug-likeness (QED) is 0.868. The van der Waals surface area contributed by atoms with Gasteiger partial charge in [-0.05, 0) is 30.2 Å². The number of carbonyl (C=O) groups excluding carboxylic acids is 1. The molecule has 3 rings (SSSR count). The molecule has 132 valence electrons. The fraction of sp³-hybridized carbons (Fsp3) is 0.353. The van der Waals surface area contributed by atoms with Crippen molar-refractivity contribution in [3.8, 4) is 0 Å². The summed E-state index contributed by atoms with van der Waals surface area (Å²) in [5.74, 6) is 0.358. The van der Waals surface area contributed by atoms with Crippen LogP contribution in [0.5, 0.6) is 0 Å². The third kappa shape index (κ3) is 4.58. The predicted molar refractivity (Wildman–Crippen MR) is 97.0 cm³/mol. The first-order valence-corrected chi connectivity index (χ1v) is 8.47. The maximum absolute atomic E-state index is 12.5. The molecule has 1 aromatic carbocycles. The topological polar surface area (TPSA) is 79.3 Å². The second-order valence-electron chi connectivity index (χ2n) is 6.04. The zero-order valence-electron chi connectivity index (χ0n) is 13.9. The number of aromatic nitrogens is 2. The average Bonchev–Trinajstić information content (AvgIpc) is 2.58. The Morgan fingerprint density at radius 2 is 2.24 bits per heavy atom. The molecule has 0 aliphatic carbocycles. The number of nitrogens with one attached hydrogen (secondary N) is 2. The lowest BCUT2D eigenvalue weighted by atomic mass is 10.0. The summed E-state index contributed by atoms with van der Waals surface area (Å²) < 4.78 is 1.19. The third-order valence-corrected chi connectivity index (χ3v) is 4.34. The first-order valence-electron chi connectivity index (χ1n) is 8.09. The van der Waals surface area contributed by atoms with Crippen molar-refractivity contribution in [3.63, 3.8) is 0 Å². The highest BCUT2D eigenvalue weighted by Crippen LogP contribution is 2.14. The zero-order valence-corrected chi connectivity index (χ0v) is 14.7. The summed E-state index contributed by atoms with van der Waals surface area (Å²) in [7, 11) is 1.55. The fourth-order valence-corrected chi connectivity index (χ4v) is 3.07. The van der Waals surface area contributed by atoms with Gasteiger partial charge in [0.25, 0.3) is 5.56 Å². The summed E-state index contributed by atoms with van der Waals surface area (Å²) >= 11 is 6.03. The number of rotatable bonds is 3. The molecular formula is C17H20ClN5O2. The number of amides is 2. The average molecular weight is 362 g/mol. The van der Waals surface area contributed by atoms with E-state index < -0.39 is 0 Å². The van der Waals surface area contributed by atoms with E-state index >= 15 is 0 Å². The minimum absolute atomic E-state index is 0.158. The summed E-state index contributed by atoms with van der Waals surface area (Å²) in [6.45, 7) is 1.92. The van der Waals surface area contributed by atoms with Crippen LogP contribution in [-0.2, 0) is 13.5 Å². The number of benzene rings is 1. The highest BCUT2D eigenvalue weighted by atomic mass is 35.5. The molecule has 0 radical (unpaired) electrons. The SMILES string of the molecule is Cn1nc(NC(=O)N2CCNC(Cc3cccc(Cl)c3)C2)ccc1=O. The van der Waals surface area contributed by atoms with Crippen molar-refractivity contribution < 1.29 is 4.79 Å². The predicted octanol–water partition coefficient (Wildman–Crippen LogP) is 1.48. The smallest absolute Gasteiger partial charge is 0.322 e. The molecule has 2 heterocycles. The number of halogens is 1. The Morgan fingerprint density at radius 1 is 1.40 bits per heavy atom. The van der Waals surface area contributed by atoms with Gasteiger partial charge in [0.1, 0.15) is 0 Å². The van der Waals surface area contributed by atoms with E-state index in [9.17, 15) is 9.59 Å². The van der Waals surface area contributed by atoms with Crippen LogP contribution in [0, 0.1) is 0 Å². The highest BCUT2D eigenvalue weighted by molar-refractivity contribution is 6.30. The minimum Gasteiger partial charge on any atom is -0.322 e. The van der Waals surface area contributed by atoms with Crippen LogP contribution < -0.4 is 16.2 Å². The number of piperazine rings is 1. The molecule has 0 saturated carbocycles. The number of hydrogen-bond acceptors (Lipinski definition) is 4. The molecule has 1 aliphatic heterocycles. The van der Waals surface area contributed by atoms with Crippen LogP contribution in [-0.4, -0.2) is 46.4 Å². The standard InChI is InChI=1S/C17H20ClN5O2/c1-22-16(24)6-5-15(21-22)20-17(25)23-8-7-19-14(11-23)10-12-3-2-4-13(18)9-12/h2-6,9,14,19H,7-8,10-11H2,1H3,(H,20,21,25). The summed E-state index contributed by atoms with van der Waals surface area (Å²) in [6, 6.07) is 10.6. The van der Waals surface area contributed by atoms with Gasteiger partial charge in [0.15, 0.2) is 5.82 Å². The Balaban J connectivity index is 1.61. The molecule has 0 spiro atoms. The summed E-state index contributed by atoms with van der Waals surface area (Å²) in [5.41, 5.74) is 0.911. The van der Waals surface area contributed by atoms with Crippen molar-refractivity contribution in [2.75, 3.05) is 25.0 Å². The van der Waals surface area contributed by atoms with Gasteiger partial charge >= 0.3 is 6.03 Å². The van der Waals surface area contributed by atoms with Crippen molar-refractivity contribution in [1.29, 1.82) is 0 Å². The number of anilines is 1. The molecule has 1 aromatic heterocycles. The van der Waals surface area contributed by atoms with Crippen LogP contribution in [0.4, 0.5) is 10.6 Å². The van der Waals surface area contributed by atoms with E-state index in [0.29, 0.717) is 23.9 Å². The van der Waals surface area contributed by atoms with Crippen LogP contribution in [0.3, 0.4) is 0 Å². The van der Waals surface area contributed by atoms with Crippen molar-refractivity contribution in [3.05, 3.63) is 57.3 Å². The molecule has 1 atom stereocenters. The molecule has 1 saturated heterocycles. The second-order valence-corrected chi connectivity index (χ2v) is 6.48. The summed E-state index contributed by atoms with van der Waals surface area (Å²) in [5, 5.41) is 10.9. The number of carbonyl (C=O) groups is 1. The maximum Gasteiger partial charge on any atom is 0.323 e. The van der Waals surface area contributed by atoms with E-state index in [1.54, 1.807) is 11.9 Å². The number of urea groups is 1. The number of nitrogens with zero attached hydrogens (tertiary/aromatic N) is 3. The molecule has 1 fully saturated rings. The molecule has 0 bridgehead atoms. The van der Waals surface area contributed by atoms with Gasteiger partial charge in [-0.15, -0.1) is 0 Å². The molecule has 2 aromatic rings. The number of aryl methyl sites for hydroxylation is 1. The van der Waals surface area contributed by atoms with Gasteiger partial charge in [0, 0.05) is 43.8 Å². The van der Waals surface area contributed by atoms with Crippen molar-refractivity contribution in [1.82, 2.24) is 20.0 Å². The lowest BCUT2D eigenvalue weighted by molar-refractivity contribution is 0.189. The third-order valence-electron chi connectivity index (χ3n) is 4.11. The van der Waals surface area contributed by atoms with E-state index in [1.807, 2.05) is 24.3 Å². The van der Waals surface area contributed by atoms with Crippen LogP contribution in [0.25, 0.3) is 0 Å². The van der Waals surface area contributed by atoms with E-state index in [-0.39, 0.29) is 17.6 Å². The Bertz CT molecular complexity index is 823. The van der Waals surface area contributed by atoms with Crippen LogP contribution in [0.2, 0.25) is 5.02 Å². The van der Waals surface area contributed by atoms with Gasteiger partial charge in [-0.25, -0.2) is 9.48 Å². The molecule has 25 heavy (non-hydrogen) atoms. The Morgan fingerprint density at radius 3 is 3.00 bits per heavy atom. The van der Waals surface area contributed by atoms with Crippen molar-refractivity contribution >= 4 is 23.4 Å². The number of hydrogen-bond donors (Lipinski definition) is 2. The first kappa shape index (κ1) is 17.4. The Hall–Kier alpha value is -2.38. The molecule has 8 heteroatoms.